The van der Waals surface area contributed by atoms with Gasteiger partial charge in [0.25, 0.3) is 5.69 Å². The number of nitrogens with zero attached hydrogens (tertiary/aromatic N) is 1. The molecule has 2 atom stereocenters. The molecule has 25 heavy (non-hydrogen) atoms. The highest BCUT2D eigenvalue weighted by molar-refractivity contribution is 6.23. The van der Waals surface area contributed by atoms with Crippen LogP contribution >= 0.6 is 0 Å². The Morgan fingerprint density at radius 3 is 2.72 bits per heavy atom. The number of fused-ring (bicyclic) bond motifs is 2. The van der Waals surface area contributed by atoms with Crippen LogP contribution in [0.5, 0.6) is 0 Å². The molecule has 2 N–H and O–H groups in total. The molecule has 4 nitrogen and oxygen atoms in total. The van der Waals surface area contributed by atoms with Crippen LogP contribution in [0.4, 0.5) is 0 Å². The van der Waals surface area contributed by atoms with Gasteiger partial charge in [-0.1, -0.05) is 13.0 Å². The van der Waals surface area contributed by atoms with Gasteiger partial charge in [0.1, 0.15) is 5.76 Å². The third-order valence-corrected chi connectivity index (χ3v) is 5.59. The first-order chi connectivity index (χ1) is 12.1. The highest BCUT2D eigenvalue weighted by Crippen LogP contribution is 2.46. The van der Waals surface area contributed by atoms with E-state index >= 15 is 0 Å². The van der Waals surface area contributed by atoms with Crippen molar-refractivity contribution in [2.24, 2.45) is 11.8 Å². The number of aromatic nitrogens is 1. The maximum atomic E-state index is 12.9. The number of carbonyl (C=O) groups excluding carboxylic acids is 1. The molecule has 4 heteroatoms. The van der Waals surface area contributed by atoms with Gasteiger partial charge in [0.15, 0.2) is 5.78 Å². The van der Waals surface area contributed by atoms with E-state index in [-0.39, 0.29) is 23.4 Å². The summed E-state index contributed by atoms with van der Waals surface area (Å²) in [6, 6.07) is 11.3. The van der Waals surface area contributed by atoms with Crippen LogP contribution in [0, 0.1) is 11.8 Å². The van der Waals surface area contributed by atoms with E-state index in [4.69, 9.17) is 0 Å². The van der Waals surface area contributed by atoms with Gasteiger partial charge in [-0.3, -0.25) is 10.0 Å². The average Bonchev–Trinajstić information content (AvgIpc) is 3.08. The summed E-state index contributed by atoms with van der Waals surface area (Å²) in [5.41, 5.74) is 3.82. The summed E-state index contributed by atoms with van der Waals surface area (Å²) in [5, 5.41) is 20.8. The number of rotatable bonds is 3. The van der Waals surface area contributed by atoms with Gasteiger partial charge in [0, 0.05) is 28.7 Å². The molecule has 2 bridgehead atoms. The fraction of sp³-hybridized carbons (Fsp3) is 0.333. The number of benzene rings is 1. The number of Topliss-reactive ketones (excluding diaryl/α,β-unsaturated/α-hetero) is 1. The second-order valence-corrected chi connectivity index (χ2v) is 6.99. The molecule has 4 rings (SSSR count). The summed E-state index contributed by atoms with van der Waals surface area (Å²) in [5.74, 6) is 0.493. The van der Waals surface area contributed by atoms with Crippen LogP contribution in [0.1, 0.15) is 37.3 Å². The number of carbonyl (C=O) groups is 1. The number of hydrogen-bond acceptors (Lipinski definition) is 3. The van der Waals surface area contributed by atoms with E-state index in [9.17, 15) is 15.1 Å². The Morgan fingerprint density at radius 1 is 1.16 bits per heavy atom. The van der Waals surface area contributed by atoms with Crippen molar-refractivity contribution in [3.63, 3.8) is 0 Å². The molecule has 2 aliphatic carbocycles. The molecule has 2 unspecified atom stereocenters. The predicted molar refractivity (Wildman–Crippen MR) is 94.0 cm³/mol. The van der Waals surface area contributed by atoms with Crippen LogP contribution in [-0.2, 0) is 11.2 Å². The number of allylic oxidation sites excluding steroid dienone is 2. The zero-order valence-corrected chi connectivity index (χ0v) is 14.3. The normalized spacial score (nSPS) is 22.5. The molecule has 1 saturated carbocycles. The molecule has 0 radical (unpaired) electrons. The van der Waals surface area contributed by atoms with Crippen LogP contribution in [0.3, 0.4) is 0 Å². The summed E-state index contributed by atoms with van der Waals surface area (Å²) >= 11 is 0. The zero-order chi connectivity index (χ0) is 17.6. The van der Waals surface area contributed by atoms with Crippen molar-refractivity contribution in [2.45, 2.75) is 32.6 Å². The van der Waals surface area contributed by atoms with Crippen molar-refractivity contribution in [2.75, 3.05) is 0 Å². The van der Waals surface area contributed by atoms with Gasteiger partial charge in [-0.05, 0) is 55.0 Å². The molecule has 1 heterocycles. The van der Waals surface area contributed by atoms with E-state index in [0.29, 0.717) is 11.3 Å². The quantitative estimate of drug-likeness (QED) is 0.663. The number of ketones is 1. The number of aliphatic hydroxyl groups excluding tert-OH is 1. The second-order valence-electron chi connectivity index (χ2n) is 6.99. The summed E-state index contributed by atoms with van der Waals surface area (Å²) in [6.45, 7) is 2.05. The van der Waals surface area contributed by atoms with Crippen LogP contribution in [0.2, 0.25) is 0 Å². The zero-order valence-electron chi connectivity index (χ0n) is 14.3. The molecule has 1 fully saturated rings. The van der Waals surface area contributed by atoms with Crippen molar-refractivity contribution >= 4 is 11.4 Å². The summed E-state index contributed by atoms with van der Waals surface area (Å²) in [7, 11) is 0. The lowest BCUT2D eigenvalue weighted by Crippen LogP contribution is -2.31. The van der Waals surface area contributed by atoms with E-state index in [1.807, 2.05) is 37.3 Å². The molecule has 128 valence electrons. The Labute approximate surface area is 147 Å². The highest BCUT2D eigenvalue weighted by Gasteiger charge is 2.41. The molecule has 2 aromatic rings. The molecule has 0 aliphatic heterocycles. The van der Waals surface area contributed by atoms with Gasteiger partial charge < -0.3 is 5.11 Å². The molecule has 0 saturated heterocycles. The topological polar surface area (TPSA) is 61.4 Å². The molecule has 0 spiro atoms. The molecular formula is C21H22NO3+. The highest BCUT2D eigenvalue weighted by atomic mass is 16.5. The number of pyridine rings is 1. The van der Waals surface area contributed by atoms with Crippen molar-refractivity contribution in [1.82, 2.24) is 0 Å². The summed E-state index contributed by atoms with van der Waals surface area (Å²) in [6.07, 6.45) is 4.90. The molecular weight excluding hydrogens is 314 g/mol. The van der Waals surface area contributed by atoms with Gasteiger partial charge in [-0.15, -0.1) is 0 Å². The van der Waals surface area contributed by atoms with Gasteiger partial charge in [0.05, 0.1) is 11.1 Å². The maximum absolute atomic E-state index is 12.9. The van der Waals surface area contributed by atoms with Gasteiger partial charge in [-0.2, -0.15) is 0 Å². The first-order valence-electron chi connectivity index (χ1n) is 8.91. The van der Waals surface area contributed by atoms with E-state index in [1.165, 1.54) is 0 Å². The fourth-order valence-electron chi connectivity index (χ4n) is 4.21. The van der Waals surface area contributed by atoms with Crippen molar-refractivity contribution in [3.05, 3.63) is 59.5 Å². The largest absolute Gasteiger partial charge is 0.511 e. The fourth-order valence-corrected chi connectivity index (χ4v) is 4.21. The monoisotopic (exact) mass is 336 g/mol. The standard InChI is InChI=1S/C21H21NO3/c1-2-13-6-7-14(18-5-3-4-10-22(18)25)12-17(13)19-20(23)15-8-9-16(11-15)21(19)24/h3-7,10,12,15-16H,2,8-9,11H2,1H3,(H-,23,24,25)/p+1. The lowest BCUT2D eigenvalue weighted by atomic mass is 9.81. The molecule has 0 amide bonds. The molecule has 1 aromatic heterocycles. The first kappa shape index (κ1) is 15.9. The van der Waals surface area contributed by atoms with Crippen LogP contribution in [-0.4, -0.2) is 16.1 Å². The number of aliphatic hydroxyl groups is 1. The lowest BCUT2D eigenvalue weighted by Gasteiger charge is -2.23. The minimum atomic E-state index is 0.0452. The van der Waals surface area contributed by atoms with E-state index in [1.54, 1.807) is 12.3 Å². The predicted octanol–water partition coefficient (Wildman–Crippen LogP) is 3.71. The SMILES string of the molecule is CCc1ccc(-c2cccc[n+]2O)cc1C1=C(O)C2CCC(C2)C1=O. The Morgan fingerprint density at radius 2 is 1.96 bits per heavy atom. The van der Waals surface area contributed by atoms with E-state index in [0.717, 1.165) is 47.1 Å². The third-order valence-electron chi connectivity index (χ3n) is 5.59. The first-order valence-corrected chi connectivity index (χ1v) is 8.91. The maximum Gasteiger partial charge on any atom is 0.264 e. The minimum absolute atomic E-state index is 0.0452. The molecule has 2 aliphatic rings. The Hall–Kier alpha value is -2.62. The van der Waals surface area contributed by atoms with Gasteiger partial charge in [0.2, 0.25) is 6.20 Å². The smallest absolute Gasteiger partial charge is 0.264 e. The Balaban J connectivity index is 1.89. The average molecular weight is 336 g/mol. The van der Waals surface area contributed by atoms with Crippen LogP contribution in [0.15, 0.2) is 48.4 Å². The van der Waals surface area contributed by atoms with E-state index < -0.39 is 0 Å². The lowest BCUT2D eigenvalue weighted by molar-refractivity contribution is -0.896. The van der Waals surface area contributed by atoms with Crippen LogP contribution < -0.4 is 4.73 Å². The third kappa shape index (κ3) is 2.53. The Bertz CT molecular complexity index is 884. The number of aryl methyl sites for hydroxylation is 1. The molecule has 1 aromatic carbocycles. The van der Waals surface area contributed by atoms with Crippen molar-refractivity contribution in [1.29, 1.82) is 0 Å². The van der Waals surface area contributed by atoms with Gasteiger partial charge in [-0.25, -0.2) is 0 Å². The van der Waals surface area contributed by atoms with Crippen molar-refractivity contribution < 1.29 is 19.8 Å². The summed E-state index contributed by atoms with van der Waals surface area (Å²) in [4.78, 5) is 12.9. The summed E-state index contributed by atoms with van der Waals surface area (Å²) < 4.78 is 1.07. The van der Waals surface area contributed by atoms with Crippen LogP contribution in [0.25, 0.3) is 16.8 Å². The second kappa shape index (κ2) is 6.03. The van der Waals surface area contributed by atoms with Gasteiger partial charge >= 0.3 is 0 Å². The van der Waals surface area contributed by atoms with E-state index in [2.05, 4.69) is 0 Å². The van der Waals surface area contributed by atoms with Crippen molar-refractivity contribution in [3.8, 4) is 11.3 Å². The number of hydrogen-bond donors (Lipinski definition) is 2. The Kier molecular flexibility index (Phi) is 3.83. The minimum Gasteiger partial charge on any atom is -0.511 e.